The number of ether oxygens (including phenoxy) is 1. The molecule has 2 heterocycles. The van der Waals surface area contributed by atoms with Crippen LogP contribution < -0.4 is 17.0 Å². The molecule has 0 saturated carbocycles. The van der Waals surface area contributed by atoms with Crippen molar-refractivity contribution in [3.8, 4) is 5.69 Å². The third-order valence-corrected chi connectivity index (χ3v) is 6.04. The van der Waals surface area contributed by atoms with Crippen LogP contribution >= 0.6 is 0 Å². The molecule has 2 aromatic carbocycles. The molecule has 0 radical (unpaired) electrons. The highest BCUT2D eigenvalue weighted by atomic mass is 19.4. The first-order valence-corrected chi connectivity index (χ1v) is 10.8. The average Bonchev–Trinajstić information content (AvgIpc) is 3.32. The quantitative estimate of drug-likeness (QED) is 0.534. The Morgan fingerprint density at radius 2 is 1.91 bits per heavy atom. The van der Waals surface area contributed by atoms with Gasteiger partial charge in [-0.25, -0.2) is 0 Å². The maximum absolute atomic E-state index is 13.4. The van der Waals surface area contributed by atoms with Crippen LogP contribution in [0.4, 0.5) is 18.9 Å². The van der Waals surface area contributed by atoms with Crippen LogP contribution in [-0.4, -0.2) is 17.1 Å². The standard InChI is InChI=1S/C25H24F3N3O3/c1-14(16-10-17(25(26,27)28)13-18(29)11-16)23-20(24(30)33)7-8-22(32)31(23)19-5-2-4-15(12-19)21-6-3-9-34-21/h2,4-5,7-8,10-14,21H,3,6,9,29H2,1H3,(H2,30,33)/t14-,21?/m1/s1. The van der Waals surface area contributed by atoms with Crippen LogP contribution in [-0.2, 0) is 10.9 Å². The van der Waals surface area contributed by atoms with Crippen LogP contribution in [0.1, 0.15) is 64.5 Å². The van der Waals surface area contributed by atoms with Crippen molar-refractivity contribution in [1.82, 2.24) is 4.57 Å². The zero-order chi connectivity index (χ0) is 24.6. The Kier molecular flexibility index (Phi) is 6.22. The topological polar surface area (TPSA) is 100 Å². The number of hydrogen-bond donors (Lipinski definition) is 2. The normalized spacial score (nSPS) is 17.0. The molecule has 0 aliphatic carbocycles. The van der Waals surface area contributed by atoms with Crippen molar-refractivity contribution in [3.05, 3.63) is 92.9 Å². The van der Waals surface area contributed by atoms with Gasteiger partial charge in [-0.1, -0.05) is 19.1 Å². The Morgan fingerprint density at radius 1 is 1.15 bits per heavy atom. The molecule has 4 rings (SSSR count). The van der Waals surface area contributed by atoms with Crippen molar-refractivity contribution in [3.63, 3.8) is 0 Å². The van der Waals surface area contributed by atoms with Gasteiger partial charge in [0.2, 0.25) is 0 Å². The maximum atomic E-state index is 13.4. The fourth-order valence-corrected chi connectivity index (χ4v) is 4.41. The van der Waals surface area contributed by atoms with Gasteiger partial charge in [0.15, 0.2) is 0 Å². The van der Waals surface area contributed by atoms with Crippen LogP contribution in [0.15, 0.2) is 59.4 Å². The number of alkyl halides is 3. The summed E-state index contributed by atoms with van der Waals surface area (Å²) in [4.78, 5) is 25.4. The van der Waals surface area contributed by atoms with Crippen LogP contribution in [0, 0.1) is 0 Å². The SMILES string of the molecule is C[C@H](c1cc(N)cc(C(F)(F)F)c1)c1c(C(N)=O)ccc(=O)n1-c1cccc(C2CCCO2)c1. The first-order valence-electron chi connectivity index (χ1n) is 10.8. The lowest BCUT2D eigenvalue weighted by Gasteiger charge is -2.23. The summed E-state index contributed by atoms with van der Waals surface area (Å²) < 4.78 is 47.3. The number of carbonyl (C=O) groups is 1. The Labute approximate surface area is 194 Å². The molecule has 1 amide bonds. The van der Waals surface area contributed by atoms with Crippen molar-refractivity contribution >= 4 is 11.6 Å². The van der Waals surface area contributed by atoms with E-state index in [0.717, 1.165) is 30.5 Å². The Morgan fingerprint density at radius 3 is 2.56 bits per heavy atom. The highest BCUT2D eigenvalue weighted by molar-refractivity contribution is 5.94. The number of anilines is 1. The highest BCUT2D eigenvalue weighted by Crippen LogP contribution is 2.36. The van der Waals surface area contributed by atoms with Crippen molar-refractivity contribution in [2.45, 2.75) is 38.0 Å². The molecule has 1 aliphatic rings. The van der Waals surface area contributed by atoms with Crippen molar-refractivity contribution in [2.24, 2.45) is 5.73 Å². The Hall–Kier alpha value is -3.59. The number of primary amides is 1. The lowest BCUT2D eigenvalue weighted by molar-refractivity contribution is -0.137. The van der Waals surface area contributed by atoms with Crippen LogP contribution in [0.5, 0.6) is 0 Å². The third-order valence-electron chi connectivity index (χ3n) is 6.04. The summed E-state index contributed by atoms with van der Waals surface area (Å²) in [6.07, 6.45) is -2.96. The summed E-state index contributed by atoms with van der Waals surface area (Å²) in [7, 11) is 0. The van der Waals surface area contributed by atoms with E-state index >= 15 is 0 Å². The molecule has 1 unspecified atom stereocenters. The molecule has 1 aromatic heterocycles. The number of aromatic nitrogens is 1. The summed E-state index contributed by atoms with van der Waals surface area (Å²) in [6.45, 7) is 2.25. The van der Waals surface area contributed by atoms with E-state index in [4.69, 9.17) is 16.2 Å². The third kappa shape index (κ3) is 4.56. The zero-order valence-corrected chi connectivity index (χ0v) is 18.4. The predicted molar refractivity (Wildman–Crippen MR) is 122 cm³/mol. The lowest BCUT2D eigenvalue weighted by atomic mass is 9.91. The fraction of sp³-hybridized carbons (Fsp3) is 0.280. The minimum absolute atomic E-state index is 0.0330. The minimum atomic E-state index is -4.61. The number of rotatable bonds is 5. The molecule has 34 heavy (non-hydrogen) atoms. The second kappa shape index (κ2) is 8.98. The molecule has 0 bridgehead atoms. The average molecular weight is 471 g/mol. The second-order valence-corrected chi connectivity index (χ2v) is 8.37. The number of nitrogen functional groups attached to an aromatic ring is 1. The molecular formula is C25H24F3N3O3. The van der Waals surface area contributed by atoms with Crippen LogP contribution in [0.25, 0.3) is 5.69 Å². The van der Waals surface area contributed by atoms with E-state index in [1.807, 2.05) is 6.07 Å². The van der Waals surface area contributed by atoms with E-state index < -0.39 is 29.1 Å². The van der Waals surface area contributed by atoms with Crippen molar-refractivity contribution in [1.29, 1.82) is 0 Å². The van der Waals surface area contributed by atoms with Gasteiger partial charge in [-0.3, -0.25) is 14.2 Å². The molecule has 1 saturated heterocycles. The van der Waals surface area contributed by atoms with Gasteiger partial charge in [0.25, 0.3) is 11.5 Å². The smallest absolute Gasteiger partial charge is 0.399 e. The fourth-order valence-electron chi connectivity index (χ4n) is 4.41. The molecule has 0 spiro atoms. The summed E-state index contributed by atoms with van der Waals surface area (Å²) in [6, 6.07) is 12.9. The minimum Gasteiger partial charge on any atom is -0.399 e. The molecule has 1 fully saturated rings. The molecule has 6 nitrogen and oxygen atoms in total. The molecule has 3 aromatic rings. The predicted octanol–water partition coefficient (Wildman–Crippen LogP) is 4.54. The number of carbonyl (C=O) groups excluding carboxylic acids is 1. The summed E-state index contributed by atoms with van der Waals surface area (Å²) in [5, 5.41) is 0. The summed E-state index contributed by atoms with van der Waals surface area (Å²) >= 11 is 0. The highest BCUT2D eigenvalue weighted by Gasteiger charge is 2.32. The van der Waals surface area contributed by atoms with E-state index in [1.54, 1.807) is 25.1 Å². The molecule has 2 atom stereocenters. The van der Waals surface area contributed by atoms with Gasteiger partial charge in [-0.05, 0) is 60.4 Å². The van der Waals surface area contributed by atoms with E-state index in [9.17, 15) is 22.8 Å². The van der Waals surface area contributed by atoms with E-state index in [-0.39, 0.29) is 28.6 Å². The summed E-state index contributed by atoms with van der Waals surface area (Å²) in [5.41, 5.74) is 11.7. The van der Waals surface area contributed by atoms with Crippen molar-refractivity contribution < 1.29 is 22.7 Å². The second-order valence-electron chi connectivity index (χ2n) is 8.37. The van der Waals surface area contributed by atoms with Crippen LogP contribution in [0.3, 0.4) is 0 Å². The number of amides is 1. The number of halogens is 3. The number of benzene rings is 2. The van der Waals surface area contributed by atoms with E-state index in [2.05, 4.69) is 0 Å². The summed E-state index contributed by atoms with van der Waals surface area (Å²) in [5.74, 6) is -1.61. The Balaban J connectivity index is 1.93. The van der Waals surface area contributed by atoms with E-state index in [0.29, 0.717) is 12.3 Å². The van der Waals surface area contributed by atoms with Gasteiger partial charge in [0, 0.05) is 35.7 Å². The van der Waals surface area contributed by atoms with Gasteiger partial charge in [-0.2, -0.15) is 13.2 Å². The van der Waals surface area contributed by atoms with Crippen LogP contribution in [0.2, 0.25) is 0 Å². The largest absolute Gasteiger partial charge is 0.416 e. The number of hydrogen-bond acceptors (Lipinski definition) is 4. The molecule has 4 N–H and O–H groups in total. The lowest BCUT2D eigenvalue weighted by Crippen LogP contribution is -2.28. The number of nitrogens with zero attached hydrogens (tertiary/aromatic N) is 1. The number of nitrogens with two attached hydrogens (primary N) is 2. The van der Waals surface area contributed by atoms with Gasteiger partial charge >= 0.3 is 6.18 Å². The Bertz CT molecular complexity index is 1290. The zero-order valence-electron chi connectivity index (χ0n) is 18.4. The molecular weight excluding hydrogens is 447 g/mol. The molecule has 1 aliphatic heterocycles. The first kappa shape index (κ1) is 23.6. The number of pyridine rings is 1. The molecule has 9 heteroatoms. The molecule has 178 valence electrons. The maximum Gasteiger partial charge on any atom is 0.416 e. The van der Waals surface area contributed by atoms with E-state index in [1.165, 1.54) is 22.8 Å². The van der Waals surface area contributed by atoms with Gasteiger partial charge in [0.1, 0.15) is 0 Å². The monoisotopic (exact) mass is 471 g/mol. The van der Waals surface area contributed by atoms with Gasteiger partial charge in [-0.15, -0.1) is 0 Å². The van der Waals surface area contributed by atoms with Gasteiger partial charge < -0.3 is 16.2 Å². The first-order chi connectivity index (χ1) is 16.1. The van der Waals surface area contributed by atoms with Gasteiger partial charge in [0.05, 0.1) is 17.2 Å². The van der Waals surface area contributed by atoms with Crippen molar-refractivity contribution in [2.75, 3.05) is 12.3 Å².